The third-order valence-corrected chi connectivity index (χ3v) is 6.50. The number of carbonyl (C=O) groups is 2. The van der Waals surface area contributed by atoms with Crippen molar-refractivity contribution < 1.29 is 9.59 Å². The summed E-state index contributed by atoms with van der Waals surface area (Å²) in [5.41, 5.74) is 3.65. The number of hydrogen-bond acceptors (Lipinski definition) is 4. The average Bonchev–Trinajstić information content (AvgIpc) is 3.45. The van der Waals surface area contributed by atoms with Gasteiger partial charge in [-0.1, -0.05) is 54.1 Å². The Labute approximate surface area is 205 Å². The van der Waals surface area contributed by atoms with E-state index in [1.165, 1.54) is 0 Å². The molecular formula is C25H20ClN5O2S. The highest BCUT2D eigenvalue weighted by atomic mass is 35.5. The van der Waals surface area contributed by atoms with Crippen molar-refractivity contribution in [2.24, 2.45) is 0 Å². The Balaban J connectivity index is 1.37. The molecule has 0 radical (unpaired) electrons. The van der Waals surface area contributed by atoms with Crippen LogP contribution in [-0.2, 0) is 4.79 Å². The van der Waals surface area contributed by atoms with Crippen LogP contribution in [0.15, 0.2) is 79.1 Å². The molecule has 7 nitrogen and oxygen atoms in total. The first kappa shape index (κ1) is 22.1. The second kappa shape index (κ2) is 9.24. The fourth-order valence-electron chi connectivity index (χ4n) is 4.24. The molecule has 0 saturated carbocycles. The van der Waals surface area contributed by atoms with Crippen molar-refractivity contribution in [3.05, 3.63) is 106 Å². The Morgan fingerprint density at radius 1 is 1.09 bits per heavy atom. The summed E-state index contributed by atoms with van der Waals surface area (Å²) < 4.78 is 2.16. The molecule has 1 fully saturated rings. The lowest BCUT2D eigenvalue weighted by molar-refractivity contribution is -0.119. The lowest BCUT2D eigenvalue weighted by Crippen LogP contribution is -2.21. The van der Waals surface area contributed by atoms with Gasteiger partial charge in [-0.3, -0.25) is 19.3 Å². The van der Waals surface area contributed by atoms with E-state index in [0.29, 0.717) is 27.5 Å². The van der Waals surface area contributed by atoms with Gasteiger partial charge < -0.3 is 10.6 Å². The van der Waals surface area contributed by atoms with E-state index in [2.05, 4.69) is 20.8 Å². The van der Waals surface area contributed by atoms with Gasteiger partial charge in [-0.2, -0.15) is 5.10 Å². The van der Waals surface area contributed by atoms with Crippen LogP contribution in [0.1, 0.15) is 39.9 Å². The van der Waals surface area contributed by atoms with E-state index >= 15 is 0 Å². The van der Waals surface area contributed by atoms with E-state index in [-0.39, 0.29) is 23.8 Å². The molecule has 3 N–H and O–H groups in total. The summed E-state index contributed by atoms with van der Waals surface area (Å²) in [5.74, 6) is -0.339. The Hall–Kier alpha value is -3.75. The first-order valence-electron chi connectivity index (χ1n) is 10.7. The van der Waals surface area contributed by atoms with E-state index in [4.69, 9.17) is 23.8 Å². The first-order valence-corrected chi connectivity index (χ1v) is 11.5. The van der Waals surface area contributed by atoms with Gasteiger partial charge in [0.2, 0.25) is 5.91 Å². The first-order chi connectivity index (χ1) is 16.5. The number of nitrogens with zero attached hydrogens (tertiary/aromatic N) is 2. The molecule has 2 unspecified atom stereocenters. The highest BCUT2D eigenvalue weighted by Gasteiger charge is 2.35. The average molecular weight is 490 g/mol. The molecule has 0 aliphatic carbocycles. The van der Waals surface area contributed by atoms with Crippen molar-refractivity contribution in [1.82, 2.24) is 20.1 Å². The molecule has 2 atom stereocenters. The summed E-state index contributed by atoms with van der Waals surface area (Å²) in [5, 5.41) is 13.0. The molecule has 0 spiro atoms. The SMILES string of the molecule is O=C1CC(c2ccccc2)C(c2ccc(C(=O)Nc3cccc(-n4cn[nH]c4=S)c3)cc2Cl)N1. The van der Waals surface area contributed by atoms with Crippen molar-refractivity contribution >= 4 is 41.3 Å². The Morgan fingerprint density at radius 3 is 2.65 bits per heavy atom. The number of hydrogen-bond donors (Lipinski definition) is 3. The van der Waals surface area contributed by atoms with Crippen molar-refractivity contribution in [2.45, 2.75) is 18.4 Å². The normalized spacial score (nSPS) is 17.4. The van der Waals surface area contributed by atoms with Gasteiger partial charge in [0.05, 0.1) is 11.7 Å². The van der Waals surface area contributed by atoms with Crippen LogP contribution in [-0.4, -0.2) is 26.6 Å². The maximum Gasteiger partial charge on any atom is 0.255 e. The van der Waals surface area contributed by atoms with Crippen LogP contribution in [0.2, 0.25) is 5.02 Å². The number of amides is 2. The van der Waals surface area contributed by atoms with E-state index in [0.717, 1.165) is 16.8 Å². The standard InChI is InChI=1S/C25H20ClN5O2S/c26-21-11-16(24(33)28-17-7-4-8-18(12-17)31-14-27-30-25(31)34)9-10-19(21)23-20(13-22(32)29-23)15-5-2-1-3-6-15/h1-12,14,20,23H,13H2,(H,28,33)(H,29,32)(H,30,34). The van der Waals surface area contributed by atoms with Gasteiger partial charge in [0.1, 0.15) is 6.33 Å². The number of nitrogens with one attached hydrogen (secondary N) is 3. The van der Waals surface area contributed by atoms with E-state index < -0.39 is 0 Å². The van der Waals surface area contributed by atoms with Gasteiger partial charge in [0, 0.05) is 28.6 Å². The maximum absolute atomic E-state index is 12.9. The van der Waals surface area contributed by atoms with Crippen molar-refractivity contribution in [1.29, 1.82) is 0 Å². The van der Waals surface area contributed by atoms with E-state index in [9.17, 15) is 9.59 Å². The minimum absolute atomic E-state index is 0.0191. The van der Waals surface area contributed by atoms with E-state index in [1.54, 1.807) is 35.2 Å². The van der Waals surface area contributed by atoms with Crippen molar-refractivity contribution in [2.75, 3.05) is 5.32 Å². The van der Waals surface area contributed by atoms with Crippen LogP contribution >= 0.6 is 23.8 Å². The molecule has 2 heterocycles. The molecule has 1 aliphatic heterocycles. The fraction of sp³-hybridized carbons (Fsp3) is 0.120. The number of aromatic amines is 1. The minimum Gasteiger partial charge on any atom is -0.349 e. The zero-order valence-electron chi connectivity index (χ0n) is 17.9. The zero-order valence-corrected chi connectivity index (χ0v) is 19.4. The number of aromatic nitrogens is 3. The predicted molar refractivity (Wildman–Crippen MR) is 133 cm³/mol. The number of anilines is 1. The molecule has 34 heavy (non-hydrogen) atoms. The van der Waals surface area contributed by atoms with Gasteiger partial charge in [-0.25, -0.2) is 0 Å². The summed E-state index contributed by atoms with van der Waals surface area (Å²) in [4.78, 5) is 25.1. The zero-order chi connectivity index (χ0) is 23.7. The van der Waals surface area contributed by atoms with Gasteiger partial charge >= 0.3 is 0 Å². The van der Waals surface area contributed by atoms with Crippen LogP contribution in [0, 0.1) is 4.77 Å². The lowest BCUT2D eigenvalue weighted by Gasteiger charge is -2.21. The molecule has 3 aromatic carbocycles. The predicted octanol–water partition coefficient (Wildman–Crippen LogP) is 5.18. The molecule has 5 rings (SSSR count). The Kier molecular flexibility index (Phi) is 6.00. The Bertz CT molecular complexity index is 1430. The largest absolute Gasteiger partial charge is 0.349 e. The lowest BCUT2D eigenvalue weighted by atomic mass is 9.87. The van der Waals surface area contributed by atoms with E-state index in [1.807, 2.05) is 48.5 Å². The second-order valence-corrected chi connectivity index (χ2v) is 8.83. The van der Waals surface area contributed by atoms with Crippen LogP contribution in [0.4, 0.5) is 5.69 Å². The third-order valence-electron chi connectivity index (χ3n) is 5.88. The highest BCUT2D eigenvalue weighted by Crippen LogP contribution is 2.40. The molecule has 170 valence electrons. The van der Waals surface area contributed by atoms with Gasteiger partial charge in [-0.05, 0) is 53.7 Å². The summed E-state index contributed by atoms with van der Waals surface area (Å²) >= 11 is 11.8. The third kappa shape index (κ3) is 4.37. The summed E-state index contributed by atoms with van der Waals surface area (Å²) in [6.45, 7) is 0. The quantitative estimate of drug-likeness (QED) is 0.337. The summed E-state index contributed by atoms with van der Waals surface area (Å²) in [6.07, 6.45) is 1.97. The number of halogens is 1. The number of rotatable bonds is 5. The van der Waals surface area contributed by atoms with Crippen molar-refractivity contribution in [3.8, 4) is 5.69 Å². The number of carbonyl (C=O) groups excluding carboxylic acids is 2. The summed E-state index contributed by atoms with van der Waals surface area (Å²) in [6, 6.07) is 22.1. The molecule has 1 aromatic heterocycles. The maximum atomic E-state index is 12.9. The van der Waals surface area contributed by atoms with Gasteiger partial charge in [0.15, 0.2) is 4.77 Å². The van der Waals surface area contributed by atoms with Crippen LogP contribution in [0.25, 0.3) is 5.69 Å². The smallest absolute Gasteiger partial charge is 0.255 e. The molecule has 1 aliphatic rings. The number of H-pyrrole nitrogens is 1. The molecule has 4 aromatic rings. The molecular weight excluding hydrogens is 470 g/mol. The Morgan fingerprint density at radius 2 is 1.91 bits per heavy atom. The second-order valence-electron chi connectivity index (χ2n) is 8.04. The van der Waals surface area contributed by atoms with Crippen LogP contribution < -0.4 is 10.6 Å². The van der Waals surface area contributed by atoms with Crippen molar-refractivity contribution in [3.63, 3.8) is 0 Å². The minimum atomic E-state index is -0.295. The fourth-order valence-corrected chi connectivity index (χ4v) is 4.75. The number of benzene rings is 3. The molecule has 9 heteroatoms. The highest BCUT2D eigenvalue weighted by molar-refractivity contribution is 7.71. The summed E-state index contributed by atoms with van der Waals surface area (Å²) in [7, 11) is 0. The molecule has 0 bridgehead atoms. The monoisotopic (exact) mass is 489 g/mol. The molecule has 1 saturated heterocycles. The van der Waals surface area contributed by atoms with Crippen LogP contribution in [0.3, 0.4) is 0 Å². The van der Waals surface area contributed by atoms with Gasteiger partial charge in [-0.15, -0.1) is 0 Å². The van der Waals surface area contributed by atoms with Crippen LogP contribution in [0.5, 0.6) is 0 Å². The topological polar surface area (TPSA) is 91.8 Å². The van der Waals surface area contributed by atoms with Gasteiger partial charge in [0.25, 0.3) is 5.91 Å². The molecule has 2 amide bonds.